The lowest BCUT2D eigenvalue weighted by atomic mass is 10.1. The molecule has 0 aliphatic carbocycles. The number of nitrogen functional groups attached to an aromatic ring is 1. The molecular formula is C20H20F3N7O2S. The van der Waals surface area contributed by atoms with Crippen molar-refractivity contribution in [1.29, 1.82) is 0 Å². The Morgan fingerprint density at radius 3 is 2.48 bits per heavy atom. The maximum atomic E-state index is 12.2. The van der Waals surface area contributed by atoms with Crippen LogP contribution >= 0.6 is 11.8 Å². The number of amides is 1. The molecule has 4 N–H and O–H groups in total. The van der Waals surface area contributed by atoms with Gasteiger partial charge in [-0.15, -0.1) is 23.4 Å². The minimum Gasteiger partial charge on any atom is -0.406 e. The van der Waals surface area contributed by atoms with E-state index in [1.807, 2.05) is 37.3 Å². The van der Waals surface area contributed by atoms with Gasteiger partial charge in [0.05, 0.1) is 11.5 Å². The number of hydrazone groups is 1. The number of carbonyl (C=O) groups excluding carboxylic acids is 1. The molecule has 9 nitrogen and oxygen atoms in total. The number of alkyl halides is 3. The molecule has 0 radical (unpaired) electrons. The predicted molar refractivity (Wildman–Crippen MR) is 120 cm³/mol. The van der Waals surface area contributed by atoms with E-state index in [0.717, 1.165) is 35.2 Å². The number of thioether (sulfide) groups is 1. The number of hydrogen-bond acceptors (Lipinski definition) is 8. The van der Waals surface area contributed by atoms with Gasteiger partial charge in [-0.3, -0.25) is 4.79 Å². The zero-order valence-electron chi connectivity index (χ0n) is 17.3. The van der Waals surface area contributed by atoms with Crippen molar-refractivity contribution in [2.24, 2.45) is 5.10 Å². The third-order valence-electron chi connectivity index (χ3n) is 4.10. The van der Waals surface area contributed by atoms with Gasteiger partial charge in [0.1, 0.15) is 5.75 Å². The highest BCUT2D eigenvalue weighted by Crippen LogP contribution is 2.24. The van der Waals surface area contributed by atoms with E-state index in [9.17, 15) is 18.0 Å². The Morgan fingerprint density at radius 1 is 1.15 bits per heavy atom. The first-order valence-corrected chi connectivity index (χ1v) is 10.6. The molecule has 33 heavy (non-hydrogen) atoms. The number of benzene rings is 2. The van der Waals surface area contributed by atoms with Crippen LogP contribution in [-0.2, 0) is 4.79 Å². The maximum Gasteiger partial charge on any atom is 0.573 e. The smallest absolute Gasteiger partial charge is 0.406 e. The van der Waals surface area contributed by atoms with Crippen LogP contribution in [0.5, 0.6) is 5.75 Å². The fourth-order valence-corrected chi connectivity index (χ4v) is 3.27. The van der Waals surface area contributed by atoms with Gasteiger partial charge < -0.3 is 15.9 Å². The Hall–Kier alpha value is -3.74. The molecule has 1 heterocycles. The summed E-state index contributed by atoms with van der Waals surface area (Å²) < 4.78 is 41.6. The van der Waals surface area contributed by atoms with E-state index in [0.29, 0.717) is 12.1 Å². The molecule has 1 amide bonds. The van der Waals surface area contributed by atoms with Crippen LogP contribution in [0.4, 0.5) is 24.8 Å². The zero-order chi connectivity index (χ0) is 23.8. The van der Waals surface area contributed by atoms with Crippen LogP contribution in [0, 0.1) is 0 Å². The molecular weight excluding hydrogens is 459 g/mol. The summed E-state index contributed by atoms with van der Waals surface area (Å²) in [5.41, 5.74) is 4.85. The standard InChI is InChI=1S/C20H20F3N7O2S/c1-2-16(13-6-4-3-5-7-13)26-27-18-28-29-19(30(18)24)33-12-17(31)25-14-8-10-15(11-9-14)32-20(21,22)23/h3-11H,2,12,24H2,1H3,(H,25,31)(H,27,28)/b26-16+. The molecule has 0 aliphatic heterocycles. The highest BCUT2D eigenvalue weighted by Gasteiger charge is 2.31. The van der Waals surface area contributed by atoms with E-state index >= 15 is 0 Å². The lowest BCUT2D eigenvalue weighted by molar-refractivity contribution is -0.274. The summed E-state index contributed by atoms with van der Waals surface area (Å²) in [5, 5.41) is 15.0. The average molecular weight is 479 g/mol. The molecule has 0 aliphatic rings. The SMILES string of the molecule is CC/C(=N\Nc1nnc(SCC(=O)Nc2ccc(OC(F)(F)F)cc2)n1N)c1ccccc1. The number of rotatable bonds is 9. The molecule has 0 spiro atoms. The van der Waals surface area contributed by atoms with Crippen molar-refractivity contribution in [3.8, 4) is 5.75 Å². The van der Waals surface area contributed by atoms with Gasteiger partial charge in [-0.05, 0) is 36.2 Å². The van der Waals surface area contributed by atoms with Crippen LogP contribution in [-0.4, -0.2) is 38.6 Å². The Morgan fingerprint density at radius 2 is 1.85 bits per heavy atom. The molecule has 0 saturated carbocycles. The van der Waals surface area contributed by atoms with Gasteiger partial charge in [0, 0.05) is 5.69 Å². The van der Waals surface area contributed by atoms with Crippen molar-refractivity contribution < 1.29 is 22.7 Å². The summed E-state index contributed by atoms with van der Waals surface area (Å²) in [6, 6.07) is 14.4. The van der Waals surface area contributed by atoms with E-state index in [1.54, 1.807) is 0 Å². The predicted octanol–water partition coefficient (Wildman–Crippen LogP) is 3.85. The summed E-state index contributed by atoms with van der Waals surface area (Å²) in [6.07, 6.45) is -4.10. The van der Waals surface area contributed by atoms with Gasteiger partial charge in [-0.2, -0.15) is 5.10 Å². The number of anilines is 2. The zero-order valence-corrected chi connectivity index (χ0v) is 18.2. The molecule has 0 bridgehead atoms. The Bertz CT molecular complexity index is 1100. The second-order valence-electron chi connectivity index (χ2n) is 6.48. The van der Waals surface area contributed by atoms with Crippen LogP contribution in [0.25, 0.3) is 0 Å². The molecule has 1 aromatic heterocycles. The Kier molecular flexibility index (Phi) is 7.77. The quantitative estimate of drug-likeness (QED) is 0.185. The monoisotopic (exact) mass is 479 g/mol. The molecule has 13 heteroatoms. The first-order chi connectivity index (χ1) is 15.7. The van der Waals surface area contributed by atoms with Crippen molar-refractivity contribution in [3.05, 3.63) is 60.2 Å². The third-order valence-corrected chi connectivity index (χ3v) is 5.04. The van der Waals surface area contributed by atoms with E-state index in [4.69, 9.17) is 5.84 Å². The van der Waals surface area contributed by atoms with Crippen molar-refractivity contribution in [3.63, 3.8) is 0 Å². The topological polar surface area (TPSA) is 119 Å². The summed E-state index contributed by atoms with van der Waals surface area (Å²) in [5.74, 6) is 5.33. The number of nitrogens with one attached hydrogen (secondary N) is 2. The van der Waals surface area contributed by atoms with Gasteiger partial charge >= 0.3 is 6.36 Å². The number of halogens is 3. The minimum absolute atomic E-state index is 0.0520. The van der Waals surface area contributed by atoms with Crippen LogP contribution in [0.1, 0.15) is 18.9 Å². The molecule has 3 aromatic rings. The number of nitrogens with two attached hydrogens (primary N) is 1. The van der Waals surface area contributed by atoms with Crippen molar-refractivity contribution in [2.45, 2.75) is 24.9 Å². The normalized spacial score (nSPS) is 11.8. The van der Waals surface area contributed by atoms with Gasteiger partial charge in [-0.1, -0.05) is 49.0 Å². The lowest BCUT2D eigenvalue weighted by Crippen LogP contribution is -2.18. The molecule has 0 saturated heterocycles. The van der Waals surface area contributed by atoms with Crippen LogP contribution in [0.15, 0.2) is 64.9 Å². The highest BCUT2D eigenvalue weighted by molar-refractivity contribution is 7.99. The second-order valence-corrected chi connectivity index (χ2v) is 7.42. The van der Waals surface area contributed by atoms with E-state index in [-0.39, 0.29) is 22.6 Å². The fourth-order valence-electron chi connectivity index (χ4n) is 2.61. The van der Waals surface area contributed by atoms with Gasteiger partial charge in [0.2, 0.25) is 11.1 Å². The highest BCUT2D eigenvalue weighted by atomic mass is 32.2. The van der Waals surface area contributed by atoms with Crippen LogP contribution < -0.4 is 21.3 Å². The Labute approximate surface area is 191 Å². The van der Waals surface area contributed by atoms with Crippen molar-refractivity contribution in [1.82, 2.24) is 14.9 Å². The lowest BCUT2D eigenvalue weighted by Gasteiger charge is -2.10. The average Bonchev–Trinajstić information content (AvgIpc) is 3.13. The molecule has 0 unspecified atom stereocenters. The van der Waals surface area contributed by atoms with Gasteiger partial charge in [0.15, 0.2) is 0 Å². The van der Waals surface area contributed by atoms with E-state index in [1.165, 1.54) is 16.8 Å². The number of aromatic nitrogens is 3. The molecule has 3 rings (SSSR count). The summed E-state index contributed by atoms with van der Waals surface area (Å²) in [7, 11) is 0. The summed E-state index contributed by atoms with van der Waals surface area (Å²) >= 11 is 1.03. The molecule has 0 atom stereocenters. The number of nitrogens with zero attached hydrogens (tertiary/aromatic N) is 4. The molecule has 0 fully saturated rings. The van der Waals surface area contributed by atoms with Crippen molar-refractivity contribution in [2.75, 3.05) is 22.3 Å². The number of carbonyl (C=O) groups is 1. The summed E-state index contributed by atoms with van der Waals surface area (Å²) in [4.78, 5) is 12.1. The minimum atomic E-state index is -4.78. The first-order valence-electron chi connectivity index (χ1n) is 9.62. The summed E-state index contributed by atoms with van der Waals surface area (Å²) in [6.45, 7) is 1.97. The Balaban J connectivity index is 1.54. The van der Waals surface area contributed by atoms with Crippen LogP contribution in [0.3, 0.4) is 0 Å². The van der Waals surface area contributed by atoms with Gasteiger partial charge in [0.25, 0.3) is 5.95 Å². The maximum absolute atomic E-state index is 12.2. The molecule has 174 valence electrons. The van der Waals surface area contributed by atoms with E-state index < -0.39 is 12.3 Å². The fraction of sp³-hybridized carbons (Fsp3) is 0.200. The molecule has 2 aromatic carbocycles. The number of ether oxygens (including phenoxy) is 1. The largest absolute Gasteiger partial charge is 0.573 e. The van der Waals surface area contributed by atoms with E-state index in [2.05, 4.69) is 30.8 Å². The third kappa shape index (κ3) is 7.14. The van der Waals surface area contributed by atoms with Gasteiger partial charge in [-0.25, -0.2) is 10.1 Å². The first kappa shape index (κ1) is 23.9. The van der Waals surface area contributed by atoms with Crippen LogP contribution in [0.2, 0.25) is 0 Å². The second kappa shape index (κ2) is 10.7. The van der Waals surface area contributed by atoms with Crippen molar-refractivity contribution >= 4 is 35.0 Å². The number of hydrogen-bond donors (Lipinski definition) is 3.